The average Bonchev–Trinajstić information content (AvgIpc) is 3.05. The molecule has 3 rings (SSSR count). The number of sulfonamides is 1. The van der Waals surface area contributed by atoms with Gasteiger partial charge >= 0.3 is 0 Å². The molecular weight excluding hydrogens is 375 g/mol. The lowest BCUT2D eigenvalue weighted by Crippen LogP contribution is -2.23. The van der Waals surface area contributed by atoms with Gasteiger partial charge in [-0.15, -0.1) is 11.3 Å². The molecule has 0 fully saturated rings. The molecule has 0 saturated carbocycles. The van der Waals surface area contributed by atoms with Crippen molar-refractivity contribution in [3.8, 4) is 16.9 Å². The Morgan fingerprint density at radius 3 is 2.62 bits per heavy atom. The minimum absolute atomic E-state index is 0.109. The number of methoxy groups -OCH3 is 1. The number of hydrogen-bond acceptors (Lipinski definition) is 5. The second-order valence-electron chi connectivity index (χ2n) is 5.56. The van der Waals surface area contributed by atoms with Gasteiger partial charge in [-0.25, -0.2) is 22.5 Å². The Morgan fingerprint density at radius 2 is 1.96 bits per heavy atom. The number of hydrogen-bond donors (Lipinski definition) is 1. The molecule has 0 atom stereocenters. The first-order valence-electron chi connectivity index (χ1n) is 7.74. The first-order chi connectivity index (χ1) is 12.4. The lowest BCUT2D eigenvalue weighted by Gasteiger charge is -2.09. The van der Waals surface area contributed by atoms with Crippen LogP contribution in [-0.4, -0.2) is 20.5 Å². The molecule has 136 valence electrons. The number of ether oxygens (including phenoxy) is 1. The van der Waals surface area contributed by atoms with Crippen molar-refractivity contribution in [1.82, 2.24) is 9.71 Å². The van der Waals surface area contributed by atoms with E-state index in [1.807, 2.05) is 12.3 Å². The van der Waals surface area contributed by atoms with E-state index in [0.717, 1.165) is 5.01 Å². The molecule has 2 aromatic carbocycles. The number of nitrogens with zero attached hydrogens (tertiary/aromatic N) is 1. The summed E-state index contributed by atoms with van der Waals surface area (Å²) in [6.07, 6.45) is 0. The highest BCUT2D eigenvalue weighted by atomic mass is 32.2. The van der Waals surface area contributed by atoms with Crippen LogP contribution in [0.3, 0.4) is 0 Å². The van der Waals surface area contributed by atoms with E-state index in [1.165, 1.54) is 42.7 Å². The normalized spacial score (nSPS) is 11.5. The Balaban J connectivity index is 1.84. The molecule has 1 heterocycles. The van der Waals surface area contributed by atoms with E-state index in [2.05, 4.69) is 9.71 Å². The van der Waals surface area contributed by atoms with Crippen molar-refractivity contribution in [2.45, 2.75) is 18.4 Å². The quantitative estimate of drug-likeness (QED) is 0.694. The number of aryl methyl sites for hydroxylation is 1. The standard InChI is InChI=1S/C18H17FN2O3S2/c1-12-21-15(11-25-12)10-20-26(22,23)16-5-3-4-13(8-16)14-6-7-18(24-2)17(19)9-14/h3-9,11,20H,10H2,1-2H3. The van der Waals surface area contributed by atoms with Gasteiger partial charge in [-0.05, 0) is 42.3 Å². The van der Waals surface area contributed by atoms with Gasteiger partial charge < -0.3 is 4.74 Å². The van der Waals surface area contributed by atoms with Crippen LogP contribution in [0.2, 0.25) is 0 Å². The second-order valence-corrected chi connectivity index (χ2v) is 8.39. The van der Waals surface area contributed by atoms with Crippen LogP contribution in [0, 0.1) is 12.7 Å². The molecule has 0 unspecified atom stereocenters. The second kappa shape index (κ2) is 7.53. The van der Waals surface area contributed by atoms with Crippen LogP contribution in [0.1, 0.15) is 10.7 Å². The molecule has 0 aliphatic heterocycles. The average molecular weight is 392 g/mol. The van der Waals surface area contributed by atoms with Gasteiger partial charge in [0.05, 0.1) is 29.3 Å². The summed E-state index contributed by atoms with van der Waals surface area (Å²) in [7, 11) is -2.32. The minimum Gasteiger partial charge on any atom is -0.494 e. The molecule has 0 saturated heterocycles. The van der Waals surface area contributed by atoms with Crippen molar-refractivity contribution in [1.29, 1.82) is 0 Å². The topological polar surface area (TPSA) is 68.3 Å². The fourth-order valence-electron chi connectivity index (χ4n) is 2.43. The monoisotopic (exact) mass is 392 g/mol. The van der Waals surface area contributed by atoms with Gasteiger partial charge in [-0.1, -0.05) is 18.2 Å². The first kappa shape index (κ1) is 18.5. The minimum atomic E-state index is -3.71. The maximum atomic E-state index is 13.9. The predicted octanol–water partition coefficient (Wildman–Crippen LogP) is 3.74. The van der Waals surface area contributed by atoms with Crippen molar-refractivity contribution in [3.63, 3.8) is 0 Å². The zero-order valence-electron chi connectivity index (χ0n) is 14.2. The zero-order valence-corrected chi connectivity index (χ0v) is 15.8. The van der Waals surface area contributed by atoms with Gasteiger partial charge in [0.1, 0.15) is 0 Å². The number of halogens is 1. The highest BCUT2D eigenvalue weighted by molar-refractivity contribution is 7.89. The summed E-state index contributed by atoms with van der Waals surface area (Å²) < 4.78 is 46.4. The van der Waals surface area contributed by atoms with Crippen LogP contribution >= 0.6 is 11.3 Å². The van der Waals surface area contributed by atoms with Gasteiger partial charge in [0.25, 0.3) is 0 Å². The summed E-state index contributed by atoms with van der Waals surface area (Å²) in [5.74, 6) is -0.368. The zero-order chi connectivity index (χ0) is 18.7. The van der Waals surface area contributed by atoms with Gasteiger partial charge in [0, 0.05) is 5.38 Å². The van der Waals surface area contributed by atoms with Crippen molar-refractivity contribution in [2.75, 3.05) is 7.11 Å². The van der Waals surface area contributed by atoms with Crippen molar-refractivity contribution in [3.05, 3.63) is 64.4 Å². The summed E-state index contributed by atoms with van der Waals surface area (Å²) in [5, 5.41) is 2.69. The number of nitrogens with one attached hydrogen (secondary N) is 1. The van der Waals surface area contributed by atoms with Crippen molar-refractivity contribution in [2.24, 2.45) is 0 Å². The molecule has 0 radical (unpaired) electrons. The molecule has 8 heteroatoms. The number of aromatic nitrogens is 1. The van der Waals surface area contributed by atoms with Gasteiger partial charge in [-0.2, -0.15) is 0 Å². The lowest BCUT2D eigenvalue weighted by molar-refractivity contribution is 0.386. The van der Waals surface area contributed by atoms with E-state index >= 15 is 0 Å². The summed E-state index contributed by atoms with van der Waals surface area (Å²) in [4.78, 5) is 4.35. The SMILES string of the molecule is COc1ccc(-c2cccc(S(=O)(=O)NCc3csc(C)n3)c2)cc1F. The van der Waals surface area contributed by atoms with Crippen molar-refractivity contribution >= 4 is 21.4 Å². The van der Waals surface area contributed by atoms with Crippen LogP contribution in [0.4, 0.5) is 4.39 Å². The van der Waals surface area contributed by atoms with Crippen LogP contribution in [0.25, 0.3) is 11.1 Å². The summed E-state index contributed by atoms with van der Waals surface area (Å²) >= 11 is 1.46. The lowest BCUT2D eigenvalue weighted by atomic mass is 10.1. The van der Waals surface area contributed by atoms with E-state index in [-0.39, 0.29) is 17.2 Å². The third-order valence-corrected chi connectivity index (χ3v) is 5.96. The molecule has 1 N–H and O–H groups in total. The van der Waals surface area contributed by atoms with Crippen molar-refractivity contribution < 1.29 is 17.5 Å². The number of rotatable bonds is 6. The maximum Gasteiger partial charge on any atom is 0.240 e. The van der Waals surface area contributed by atoms with Crippen LogP contribution < -0.4 is 9.46 Å². The number of benzene rings is 2. The third kappa shape index (κ3) is 4.09. The molecule has 26 heavy (non-hydrogen) atoms. The molecule has 3 aromatic rings. The van der Waals surface area contributed by atoms with Crippen LogP contribution in [0.15, 0.2) is 52.7 Å². The fraction of sp³-hybridized carbons (Fsp3) is 0.167. The molecule has 1 aromatic heterocycles. The highest BCUT2D eigenvalue weighted by Crippen LogP contribution is 2.27. The molecular formula is C18H17FN2O3S2. The largest absolute Gasteiger partial charge is 0.494 e. The molecule has 0 aliphatic rings. The Labute approximate surface area is 155 Å². The van der Waals surface area contributed by atoms with E-state index in [9.17, 15) is 12.8 Å². The molecule has 0 aliphatic carbocycles. The van der Waals surface area contributed by atoms with E-state index in [0.29, 0.717) is 16.8 Å². The summed E-state index contributed by atoms with van der Waals surface area (Å²) in [6.45, 7) is 1.98. The van der Waals surface area contributed by atoms with Gasteiger partial charge in [0.2, 0.25) is 10.0 Å². The predicted molar refractivity (Wildman–Crippen MR) is 99.3 cm³/mol. The Bertz CT molecular complexity index is 1030. The molecule has 0 amide bonds. The van der Waals surface area contributed by atoms with E-state index in [1.54, 1.807) is 18.2 Å². The maximum absolute atomic E-state index is 13.9. The van der Waals surface area contributed by atoms with Crippen LogP contribution in [-0.2, 0) is 16.6 Å². The smallest absolute Gasteiger partial charge is 0.240 e. The molecule has 0 bridgehead atoms. The summed E-state index contributed by atoms with van der Waals surface area (Å²) in [6, 6.07) is 10.9. The highest BCUT2D eigenvalue weighted by Gasteiger charge is 2.16. The Hall–Kier alpha value is -2.29. The Morgan fingerprint density at radius 1 is 1.19 bits per heavy atom. The van der Waals surface area contributed by atoms with Gasteiger partial charge in [-0.3, -0.25) is 0 Å². The van der Waals surface area contributed by atoms with Gasteiger partial charge in [0.15, 0.2) is 11.6 Å². The van der Waals surface area contributed by atoms with E-state index in [4.69, 9.17) is 4.74 Å². The summed E-state index contributed by atoms with van der Waals surface area (Å²) in [5.41, 5.74) is 1.83. The van der Waals surface area contributed by atoms with Crippen LogP contribution in [0.5, 0.6) is 5.75 Å². The first-order valence-corrected chi connectivity index (χ1v) is 10.1. The Kier molecular flexibility index (Phi) is 5.36. The molecule has 5 nitrogen and oxygen atoms in total. The molecule has 0 spiro atoms. The third-order valence-electron chi connectivity index (χ3n) is 3.74. The number of thiazole rings is 1. The van der Waals surface area contributed by atoms with E-state index < -0.39 is 15.8 Å². The fourth-order valence-corrected chi connectivity index (χ4v) is 4.09.